The van der Waals surface area contributed by atoms with Gasteiger partial charge in [0.2, 0.25) is 0 Å². The number of hydrazone groups is 1. The molecular formula is C24H22N4. The van der Waals surface area contributed by atoms with E-state index in [0.717, 1.165) is 33.8 Å². The SMILES string of the molecule is CN(C)/N=C/c1ccc(-n2nc(-c3ccccc3)cc2-c2ccccc2)cc1. The summed E-state index contributed by atoms with van der Waals surface area (Å²) in [6.07, 6.45) is 1.85. The molecule has 0 fully saturated rings. The molecule has 4 rings (SSSR count). The van der Waals surface area contributed by atoms with Crippen LogP contribution in [0.2, 0.25) is 0 Å². The van der Waals surface area contributed by atoms with Gasteiger partial charge in [0.25, 0.3) is 0 Å². The number of hydrogen-bond acceptors (Lipinski definition) is 3. The fourth-order valence-corrected chi connectivity index (χ4v) is 3.03. The number of rotatable bonds is 5. The van der Waals surface area contributed by atoms with Gasteiger partial charge in [-0.3, -0.25) is 0 Å². The first kappa shape index (κ1) is 17.7. The van der Waals surface area contributed by atoms with E-state index in [4.69, 9.17) is 5.10 Å². The molecule has 0 aliphatic carbocycles. The van der Waals surface area contributed by atoms with E-state index in [0.29, 0.717) is 0 Å². The average Bonchev–Trinajstić information content (AvgIpc) is 3.19. The van der Waals surface area contributed by atoms with Crippen molar-refractivity contribution in [3.63, 3.8) is 0 Å². The zero-order chi connectivity index (χ0) is 19.3. The van der Waals surface area contributed by atoms with Crippen LogP contribution in [0.3, 0.4) is 0 Å². The second kappa shape index (κ2) is 7.92. The van der Waals surface area contributed by atoms with E-state index in [-0.39, 0.29) is 0 Å². The minimum Gasteiger partial charge on any atom is -0.303 e. The van der Waals surface area contributed by atoms with Crippen LogP contribution < -0.4 is 0 Å². The first-order valence-electron chi connectivity index (χ1n) is 9.23. The Morgan fingerprint density at radius 2 is 1.39 bits per heavy atom. The standard InChI is InChI=1S/C24H22N4/c1-27(2)25-18-19-13-15-22(16-14-19)28-24(21-11-7-4-8-12-21)17-23(26-28)20-9-5-3-6-10-20/h3-18H,1-2H3/b25-18+. The third kappa shape index (κ3) is 3.86. The minimum absolute atomic E-state index is 0.956. The van der Waals surface area contributed by atoms with Gasteiger partial charge in [-0.1, -0.05) is 72.8 Å². The summed E-state index contributed by atoms with van der Waals surface area (Å²) < 4.78 is 2.00. The Kier molecular flexibility index (Phi) is 5.02. The molecule has 0 unspecified atom stereocenters. The smallest absolute Gasteiger partial charge is 0.0934 e. The molecule has 4 aromatic rings. The van der Waals surface area contributed by atoms with E-state index < -0.39 is 0 Å². The topological polar surface area (TPSA) is 33.4 Å². The molecule has 1 aromatic heterocycles. The third-order valence-electron chi connectivity index (χ3n) is 4.42. The Morgan fingerprint density at radius 3 is 2.00 bits per heavy atom. The lowest BCUT2D eigenvalue weighted by Crippen LogP contribution is -2.02. The Hall–Kier alpha value is -3.66. The van der Waals surface area contributed by atoms with Crippen LogP contribution in [-0.2, 0) is 0 Å². The molecule has 0 aliphatic rings. The maximum atomic E-state index is 4.91. The molecule has 4 heteroatoms. The number of nitrogens with zero attached hydrogens (tertiary/aromatic N) is 4. The predicted molar refractivity (Wildman–Crippen MR) is 116 cm³/mol. The highest BCUT2D eigenvalue weighted by atomic mass is 15.4. The molecule has 0 saturated carbocycles. The van der Waals surface area contributed by atoms with Gasteiger partial charge in [-0.05, 0) is 23.8 Å². The van der Waals surface area contributed by atoms with E-state index in [2.05, 4.69) is 71.8 Å². The van der Waals surface area contributed by atoms with Crippen molar-refractivity contribution in [2.75, 3.05) is 14.1 Å². The summed E-state index contributed by atoms with van der Waals surface area (Å²) in [7, 11) is 3.82. The largest absolute Gasteiger partial charge is 0.303 e. The summed E-state index contributed by atoms with van der Waals surface area (Å²) in [5.74, 6) is 0. The van der Waals surface area contributed by atoms with Crippen molar-refractivity contribution in [3.05, 3.63) is 96.6 Å². The van der Waals surface area contributed by atoms with E-state index in [1.54, 1.807) is 5.01 Å². The number of benzene rings is 3. The molecule has 0 aliphatic heterocycles. The van der Waals surface area contributed by atoms with Crippen molar-refractivity contribution in [1.29, 1.82) is 0 Å². The van der Waals surface area contributed by atoms with Crippen molar-refractivity contribution in [2.24, 2.45) is 5.10 Å². The highest BCUT2D eigenvalue weighted by molar-refractivity contribution is 5.80. The Bertz CT molecular complexity index is 1060. The van der Waals surface area contributed by atoms with Gasteiger partial charge in [0.1, 0.15) is 0 Å². The lowest BCUT2D eigenvalue weighted by molar-refractivity contribution is 0.440. The van der Waals surface area contributed by atoms with Crippen molar-refractivity contribution >= 4 is 6.21 Å². The second-order valence-electron chi connectivity index (χ2n) is 6.74. The Balaban J connectivity index is 1.78. The Labute approximate surface area is 165 Å². The van der Waals surface area contributed by atoms with Crippen LogP contribution in [0.25, 0.3) is 28.2 Å². The van der Waals surface area contributed by atoms with Crippen molar-refractivity contribution in [3.8, 4) is 28.2 Å². The summed E-state index contributed by atoms with van der Waals surface area (Å²) in [5.41, 5.74) is 6.33. The van der Waals surface area contributed by atoms with Crippen molar-refractivity contribution in [1.82, 2.24) is 14.8 Å². The monoisotopic (exact) mass is 366 g/mol. The zero-order valence-electron chi connectivity index (χ0n) is 16.0. The molecule has 138 valence electrons. The van der Waals surface area contributed by atoms with Crippen LogP contribution >= 0.6 is 0 Å². The molecular weight excluding hydrogens is 344 g/mol. The van der Waals surface area contributed by atoms with Gasteiger partial charge in [-0.15, -0.1) is 0 Å². The normalized spacial score (nSPS) is 11.1. The molecule has 4 nitrogen and oxygen atoms in total. The van der Waals surface area contributed by atoms with Crippen molar-refractivity contribution in [2.45, 2.75) is 0 Å². The Morgan fingerprint density at radius 1 is 0.786 bits per heavy atom. The molecule has 0 amide bonds. The molecule has 0 saturated heterocycles. The summed E-state index contributed by atoms with van der Waals surface area (Å²) >= 11 is 0. The second-order valence-corrected chi connectivity index (χ2v) is 6.74. The van der Waals surface area contributed by atoms with Gasteiger partial charge in [0.05, 0.1) is 23.3 Å². The van der Waals surface area contributed by atoms with Crippen LogP contribution in [0, 0.1) is 0 Å². The maximum absolute atomic E-state index is 4.91. The predicted octanol–water partition coefficient (Wildman–Crippen LogP) is 5.10. The fourth-order valence-electron chi connectivity index (χ4n) is 3.03. The van der Waals surface area contributed by atoms with E-state index in [1.165, 1.54) is 0 Å². The summed E-state index contributed by atoms with van der Waals surface area (Å²) in [6, 6.07) is 31.0. The zero-order valence-corrected chi connectivity index (χ0v) is 16.0. The molecule has 0 bridgehead atoms. The van der Waals surface area contributed by atoms with Crippen LogP contribution in [-0.4, -0.2) is 35.1 Å². The molecule has 0 N–H and O–H groups in total. The van der Waals surface area contributed by atoms with Gasteiger partial charge in [-0.25, -0.2) is 4.68 Å². The van der Waals surface area contributed by atoms with Crippen LogP contribution in [0.5, 0.6) is 0 Å². The highest BCUT2D eigenvalue weighted by Gasteiger charge is 2.12. The highest BCUT2D eigenvalue weighted by Crippen LogP contribution is 2.28. The van der Waals surface area contributed by atoms with Crippen LogP contribution in [0.15, 0.2) is 96.1 Å². The van der Waals surface area contributed by atoms with E-state index in [9.17, 15) is 0 Å². The van der Waals surface area contributed by atoms with Gasteiger partial charge in [-0.2, -0.15) is 10.2 Å². The number of aromatic nitrogens is 2. The number of hydrogen-bond donors (Lipinski definition) is 0. The molecule has 0 atom stereocenters. The van der Waals surface area contributed by atoms with Gasteiger partial charge in [0.15, 0.2) is 0 Å². The molecule has 0 radical (unpaired) electrons. The van der Waals surface area contributed by atoms with Crippen LogP contribution in [0.1, 0.15) is 5.56 Å². The molecule has 28 heavy (non-hydrogen) atoms. The van der Waals surface area contributed by atoms with Gasteiger partial charge in [0, 0.05) is 25.2 Å². The summed E-state index contributed by atoms with van der Waals surface area (Å²) in [6.45, 7) is 0. The lowest BCUT2D eigenvalue weighted by atomic mass is 10.1. The van der Waals surface area contributed by atoms with Crippen molar-refractivity contribution < 1.29 is 0 Å². The van der Waals surface area contributed by atoms with Gasteiger partial charge >= 0.3 is 0 Å². The first-order chi connectivity index (χ1) is 13.7. The molecule has 3 aromatic carbocycles. The minimum atomic E-state index is 0.956. The van der Waals surface area contributed by atoms with Crippen LogP contribution in [0.4, 0.5) is 0 Å². The third-order valence-corrected chi connectivity index (χ3v) is 4.42. The van der Waals surface area contributed by atoms with Gasteiger partial charge < -0.3 is 5.01 Å². The maximum Gasteiger partial charge on any atom is 0.0934 e. The van der Waals surface area contributed by atoms with E-state index >= 15 is 0 Å². The summed E-state index contributed by atoms with van der Waals surface area (Å²) in [5, 5.41) is 11.0. The quantitative estimate of drug-likeness (QED) is 0.364. The average molecular weight is 366 g/mol. The summed E-state index contributed by atoms with van der Waals surface area (Å²) in [4.78, 5) is 0. The van der Waals surface area contributed by atoms with E-state index in [1.807, 2.05) is 49.3 Å². The fraction of sp³-hybridized carbons (Fsp3) is 0.0833. The molecule has 0 spiro atoms. The lowest BCUT2D eigenvalue weighted by Gasteiger charge is -2.08. The first-order valence-corrected chi connectivity index (χ1v) is 9.23. The molecule has 1 heterocycles.